The second-order valence-electron chi connectivity index (χ2n) is 3.54. The van der Waals surface area contributed by atoms with Crippen LogP contribution < -0.4 is 4.74 Å². The highest BCUT2D eigenvalue weighted by Gasteiger charge is 2.08. The van der Waals surface area contributed by atoms with Crippen LogP contribution in [0.5, 0.6) is 5.75 Å². The Kier molecular flexibility index (Phi) is 3.67. The Labute approximate surface area is 90.6 Å². The quantitative estimate of drug-likeness (QED) is 0.430. The Balaban J connectivity index is 3.08. The molecule has 1 aromatic rings. The summed E-state index contributed by atoms with van der Waals surface area (Å²) in [6.07, 6.45) is 2.16. The largest absolute Gasteiger partial charge is 0.423 e. The average molecular weight is 204 g/mol. The average Bonchev–Trinajstić information content (AvgIpc) is 2.22. The smallest absolute Gasteiger partial charge is 0.335 e. The van der Waals surface area contributed by atoms with Crippen LogP contribution >= 0.6 is 0 Å². The Bertz CT molecular complexity index is 369. The summed E-state index contributed by atoms with van der Waals surface area (Å²) in [5.41, 5.74) is 3.23. The molecular weight excluding hydrogens is 188 g/mol. The summed E-state index contributed by atoms with van der Waals surface area (Å²) in [7, 11) is 0. The molecule has 1 aromatic carbocycles. The van der Waals surface area contributed by atoms with Crippen LogP contribution in [0.2, 0.25) is 0 Å². The first-order chi connectivity index (χ1) is 7.08. The number of rotatable bonds is 3. The fraction of sp³-hybridized carbons (Fsp3) is 0.308. The molecule has 0 aliphatic rings. The zero-order valence-corrected chi connectivity index (χ0v) is 9.46. The Morgan fingerprint density at radius 2 is 1.93 bits per heavy atom. The standard InChI is InChI=1S/C13H16O2/c1-5-11-7-9(3)13(10(4)8-11)15-12(14)6-2/h6-8H,2,5H2,1,3-4H3. The van der Waals surface area contributed by atoms with Crippen molar-refractivity contribution >= 4 is 5.97 Å². The van der Waals surface area contributed by atoms with Crippen LogP contribution in [0.25, 0.3) is 0 Å². The van der Waals surface area contributed by atoms with Gasteiger partial charge in [-0.2, -0.15) is 0 Å². The molecule has 0 aromatic heterocycles. The van der Waals surface area contributed by atoms with Crippen molar-refractivity contribution < 1.29 is 9.53 Å². The molecule has 0 saturated heterocycles. The first-order valence-electron chi connectivity index (χ1n) is 5.02. The number of hydrogen-bond donors (Lipinski definition) is 0. The third kappa shape index (κ3) is 2.69. The number of ether oxygens (including phenoxy) is 1. The van der Waals surface area contributed by atoms with Crippen molar-refractivity contribution in [2.24, 2.45) is 0 Å². The third-order valence-corrected chi connectivity index (χ3v) is 2.30. The minimum Gasteiger partial charge on any atom is -0.423 e. The molecule has 15 heavy (non-hydrogen) atoms. The number of hydrogen-bond acceptors (Lipinski definition) is 2. The van der Waals surface area contributed by atoms with Gasteiger partial charge in [-0.15, -0.1) is 0 Å². The van der Waals surface area contributed by atoms with E-state index in [2.05, 4.69) is 13.5 Å². The van der Waals surface area contributed by atoms with E-state index >= 15 is 0 Å². The van der Waals surface area contributed by atoms with Gasteiger partial charge in [0, 0.05) is 6.08 Å². The van der Waals surface area contributed by atoms with Crippen molar-refractivity contribution in [1.82, 2.24) is 0 Å². The number of carbonyl (C=O) groups excluding carboxylic acids is 1. The predicted molar refractivity (Wildman–Crippen MR) is 61.1 cm³/mol. The molecule has 1 rings (SSSR count). The number of carbonyl (C=O) groups is 1. The molecule has 0 aliphatic heterocycles. The minimum absolute atomic E-state index is 0.412. The zero-order valence-electron chi connectivity index (χ0n) is 9.46. The summed E-state index contributed by atoms with van der Waals surface area (Å²) in [5.74, 6) is 0.238. The van der Waals surface area contributed by atoms with Crippen molar-refractivity contribution in [3.63, 3.8) is 0 Å². The number of benzene rings is 1. The molecule has 0 atom stereocenters. The molecule has 80 valence electrons. The molecule has 0 bridgehead atoms. The van der Waals surface area contributed by atoms with Crippen LogP contribution in [0.3, 0.4) is 0 Å². The Morgan fingerprint density at radius 1 is 1.40 bits per heavy atom. The van der Waals surface area contributed by atoms with Crippen LogP contribution in [0.4, 0.5) is 0 Å². The maximum atomic E-state index is 11.1. The van der Waals surface area contributed by atoms with Crippen molar-refractivity contribution in [2.75, 3.05) is 0 Å². The number of esters is 1. The third-order valence-electron chi connectivity index (χ3n) is 2.30. The summed E-state index contributed by atoms with van der Waals surface area (Å²) in [6.45, 7) is 9.36. The maximum Gasteiger partial charge on any atom is 0.335 e. The van der Waals surface area contributed by atoms with E-state index < -0.39 is 5.97 Å². The first-order valence-corrected chi connectivity index (χ1v) is 5.02. The van der Waals surface area contributed by atoms with Gasteiger partial charge in [0.25, 0.3) is 0 Å². The lowest BCUT2D eigenvalue weighted by Gasteiger charge is -2.10. The second kappa shape index (κ2) is 4.78. The van der Waals surface area contributed by atoms with Gasteiger partial charge in [0.15, 0.2) is 0 Å². The summed E-state index contributed by atoms with van der Waals surface area (Å²) >= 11 is 0. The molecule has 0 N–H and O–H groups in total. The lowest BCUT2D eigenvalue weighted by atomic mass is 10.0. The minimum atomic E-state index is -0.412. The van der Waals surface area contributed by atoms with Gasteiger partial charge in [-0.05, 0) is 37.0 Å². The SMILES string of the molecule is C=CC(=O)Oc1c(C)cc(CC)cc1C. The van der Waals surface area contributed by atoms with Gasteiger partial charge < -0.3 is 4.74 Å². The van der Waals surface area contributed by atoms with E-state index in [0.29, 0.717) is 5.75 Å². The van der Waals surface area contributed by atoms with Crippen LogP contribution in [-0.2, 0) is 11.2 Å². The van der Waals surface area contributed by atoms with Gasteiger partial charge >= 0.3 is 5.97 Å². The van der Waals surface area contributed by atoms with E-state index in [-0.39, 0.29) is 0 Å². The zero-order chi connectivity index (χ0) is 11.4. The lowest BCUT2D eigenvalue weighted by Crippen LogP contribution is -2.06. The predicted octanol–water partition coefficient (Wildman–Crippen LogP) is 2.96. The molecule has 2 heteroatoms. The topological polar surface area (TPSA) is 26.3 Å². The lowest BCUT2D eigenvalue weighted by molar-refractivity contribution is -0.129. The maximum absolute atomic E-state index is 11.1. The monoisotopic (exact) mass is 204 g/mol. The van der Waals surface area contributed by atoms with Crippen LogP contribution in [0, 0.1) is 13.8 Å². The van der Waals surface area contributed by atoms with E-state index in [1.54, 1.807) is 0 Å². The molecule has 0 fully saturated rings. The van der Waals surface area contributed by atoms with Crippen LogP contribution in [0.1, 0.15) is 23.6 Å². The normalized spacial score (nSPS) is 9.80. The van der Waals surface area contributed by atoms with Gasteiger partial charge in [0.05, 0.1) is 0 Å². The molecule has 0 saturated carbocycles. The summed E-state index contributed by atoms with van der Waals surface area (Å²) < 4.78 is 5.17. The molecule has 2 nitrogen and oxygen atoms in total. The van der Waals surface area contributed by atoms with Gasteiger partial charge in [-0.1, -0.05) is 25.6 Å². The second-order valence-corrected chi connectivity index (χ2v) is 3.54. The van der Waals surface area contributed by atoms with Crippen LogP contribution in [-0.4, -0.2) is 5.97 Å². The summed E-state index contributed by atoms with van der Waals surface area (Å²) in [4.78, 5) is 11.1. The first kappa shape index (κ1) is 11.5. The fourth-order valence-corrected chi connectivity index (χ4v) is 1.55. The van der Waals surface area contributed by atoms with Gasteiger partial charge in [-0.3, -0.25) is 0 Å². The van der Waals surface area contributed by atoms with Gasteiger partial charge in [-0.25, -0.2) is 4.79 Å². The highest BCUT2D eigenvalue weighted by Crippen LogP contribution is 2.25. The van der Waals surface area contributed by atoms with Crippen molar-refractivity contribution in [3.8, 4) is 5.75 Å². The highest BCUT2D eigenvalue weighted by molar-refractivity contribution is 5.83. The number of aryl methyl sites for hydroxylation is 3. The van der Waals surface area contributed by atoms with Gasteiger partial charge in [0.1, 0.15) is 5.75 Å². The van der Waals surface area contributed by atoms with E-state index in [9.17, 15) is 4.79 Å². The van der Waals surface area contributed by atoms with Crippen molar-refractivity contribution in [1.29, 1.82) is 0 Å². The van der Waals surface area contributed by atoms with E-state index in [0.717, 1.165) is 17.5 Å². The van der Waals surface area contributed by atoms with E-state index in [1.165, 1.54) is 11.6 Å². The Morgan fingerprint density at radius 3 is 2.33 bits per heavy atom. The van der Waals surface area contributed by atoms with Crippen LogP contribution in [0.15, 0.2) is 24.8 Å². The van der Waals surface area contributed by atoms with E-state index in [1.807, 2.05) is 26.0 Å². The Hall–Kier alpha value is -1.57. The molecule has 0 aliphatic carbocycles. The molecule has 0 spiro atoms. The van der Waals surface area contributed by atoms with E-state index in [4.69, 9.17) is 4.74 Å². The fourth-order valence-electron chi connectivity index (χ4n) is 1.55. The van der Waals surface area contributed by atoms with Gasteiger partial charge in [0.2, 0.25) is 0 Å². The van der Waals surface area contributed by atoms with Crippen molar-refractivity contribution in [3.05, 3.63) is 41.5 Å². The summed E-state index contributed by atoms with van der Waals surface area (Å²) in [5, 5.41) is 0. The van der Waals surface area contributed by atoms with Crippen molar-refractivity contribution in [2.45, 2.75) is 27.2 Å². The molecule has 0 unspecified atom stereocenters. The summed E-state index contributed by atoms with van der Waals surface area (Å²) in [6, 6.07) is 4.08. The molecule has 0 radical (unpaired) electrons. The molecular formula is C13H16O2. The molecule has 0 amide bonds. The molecule has 0 heterocycles. The highest BCUT2D eigenvalue weighted by atomic mass is 16.5.